The number of carbonyl (C=O) groups excluding carboxylic acids is 1. The van der Waals surface area contributed by atoms with Gasteiger partial charge in [0.25, 0.3) is 0 Å². The lowest BCUT2D eigenvalue weighted by molar-refractivity contribution is -0.138. The zero-order valence-corrected chi connectivity index (χ0v) is 14.5. The summed E-state index contributed by atoms with van der Waals surface area (Å²) in [6.07, 6.45) is 4.09. The topological polar surface area (TPSA) is 50.7 Å². The first kappa shape index (κ1) is 17.3. The fourth-order valence-electron chi connectivity index (χ4n) is 2.29. The Morgan fingerprint density at radius 2 is 2.13 bits per heavy atom. The molecule has 1 aliphatic rings. The molecule has 2 rings (SSSR count). The van der Waals surface area contributed by atoms with Crippen molar-refractivity contribution < 1.29 is 9.53 Å². The number of nitrogens with zero attached hydrogens (tertiary/aromatic N) is 1. The molecule has 1 aliphatic heterocycles. The average Bonchev–Trinajstić information content (AvgIpc) is 2.55. The number of carbonyl (C=O) groups is 1. The van der Waals surface area contributed by atoms with Gasteiger partial charge in [-0.1, -0.05) is 54.2 Å². The molecule has 0 amide bonds. The Hall–Kier alpha value is -2.01. The Balaban J connectivity index is 2.34. The molecule has 1 heterocycles. The maximum Gasteiger partial charge on any atom is 0.338 e. The highest BCUT2D eigenvalue weighted by molar-refractivity contribution is 8.13. The molecule has 5 heteroatoms. The highest BCUT2D eigenvalue weighted by Gasteiger charge is 2.30. The predicted octanol–water partition coefficient (Wildman–Crippen LogP) is 3.83. The van der Waals surface area contributed by atoms with Crippen LogP contribution in [-0.4, -0.2) is 23.5 Å². The van der Waals surface area contributed by atoms with E-state index in [9.17, 15) is 4.79 Å². The number of rotatable bonds is 5. The van der Waals surface area contributed by atoms with Crippen LogP contribution in [0.2, 0.25) is 0 Å². The maximum absolute atomic E-state index is 12.4. The second kappa shape index (κ2) is 8.58. The molecule has 4 nitrogen and oxygen atoms in total. The molecule has 0 spiro atoms. The molecule has 1 N–H and O–H groups in total. The number of amidine groups is 1. The van der Waals surface area contributed by atoms with Crippen molar-refractivity contribution in [1.29, 1.82) is 0 Å². The molecular formula is C18H22N2O2S. The largest absolute Gasteiger partial charge is 0.463 e. The second-order valence-corrected chi connectivity index (χ2v) is 6.02. The highest BCUT2D eigenvalue weighted by atomic mass is 32.2. The van der Waals surface area contributed by atoms with Gasteiger partial charge in [-0.15, -0.1) is 0 Å². The standard InChI is InChI=1S/C18H22N2O2S/c1-4-6-12-23-18-19-13(3)15(17(21)22-5-2)16(20-18)14-10-8-7-9-11-14/h4,6-11,16H,5,12H2,1-3H3,(H,19,20)/b6-4+. The van der Waals surface area contributed by atoms with Crippen molar-refractivity contribution in [2.45, 2.75) is 26.8 Å². The van der Waals surface area contributed by atoms with E-state index in [2.05, 4.69) is 11.4 Å². The molecule has 0 fully saturated rings. The van der Waals surface area contributed by atoms with Crippen LogP contribution in [-0.2, 0) is 9.53 Å². The fourth-order valence-corrected chi connectivity index (χ4v) is 3.15. The van der Waals surface area contributed by atoms with Crippen LogP contribution in [0.5, 0.6) is 0 Å². The summed E-state index contributed by atoms with van der Waals surface area (Å²) in [6, 6.07) is 9.51. The van der Waals surface area contributed by atoms with E-state index in [1.165, 1.54) is 0 Å². The zero-order chi connectivity index (χ0) is 16.7. The van der Waals surface area contributed by atoms with E-state index in [4.69, 9.17) is 9.73 Å². The summed E-state index contributed by atoms with van der Waals surface area (Å²) >= 11 is 1.62. The van der Waals surface area contributed by atoms with Gasteiger partial charge in [0.2, 0.25) is 0 Å². The number of aliphatic imine (C=N–C) groups is 1. The summed E-state index contributed by atoms with van der Waals surface area (Å²) in [4.78, 5) is 17.1. The SMILES string of the molecule is C/C=C/CSC1=NC(c2ccccc2)C(C(=O)OCC)=C(C)N1. The minimum absolute atomic E-state index is 0.312. The van der Waals surface area contributed by atoms with Crippen molar-refractivity contribution in [1.82, 2.24) is 5.32 Å². The van der Waals surface area contributed by atoms with Crippen LogP contribution >= 0.6 is 11.8 Å². The lowest BCUT2D eigenvalue weighted by atomic mass is 9.97. The van der Waals surface area contributed by atoms with Crippen LogP contribution in [0.3, 0.4) is 0 Å². The minimum Gasteiger partial charge on any atom is -0.463 e. The van der Waals surface area contributed by atoms with Gasteiger partial charge in [-0.05, 0) is 26.3 Å². The van der Waals surface area contributed by atoms with E-state index in [-0.39, 0.29) is 12.0 Å². The van der Waals surface area contributed by atoms with Crippen molar-refractivity contribution in [2.24, 2.45) is 4.99 Å². The summed E-state index contributed by atoms with van der Waals surface area (Å²) in [6.45, 7) is 6.05. The molecule has 122 valence electrons. The summed E-state index contributed by atoms with van der Waals surface area (Å²) in [5.41, 5.74) is 2.37. The molecule has 0 saturated carbocycles. The summed E-state index contributed by atoms with van der Waals surface area (Å²) in [5.74, 6) is 0.527. The van der Waals surface area contributed by atoms with Crippen LogP contribution < -0.4 is 5.32 Å². The van der Waals surface area contributed by atoms with Gasteiger partial charge >= 0.3 is 5.97 Å². The van der Waals surface area contributed by atoms with Crippen molar-refractivity contribution >= 4 is 22.9 Å². The average molecular weight is 330 g/mol. The molecule has 1 aromatic carbocycles. The Kier molecular flexibility index (Phi) is 6.47. The number of thioether (sulfide) groups is 1. The quantitative estimate of drug-likeness (QED) is 0.658. The third-order valence-electron chi connectivity index (χ3n) is 3.38. The van der Waals surface area contributed by atoms with E-state index in [0.29, 0.717) is 12.2 Å². The first-order valence-corrected chi connectivity index (χ1v) is 8.67. The van der Waals surface area contributed by atoms with E-state index in [1.807, 2.05) is 57.2 Å². The molecule has 0 aromatic heterocycles. The Labute approximate surface area is 141 Å². The van der Waals surface area contributed by atoms with Crippen molar-refractivity contribution in [2.75, 3.05) is 12.4 Å². The predicted molar refractivity (Wildman–Crippen MR) is 96.4 cm³/mol. The van der Waals surface area contributed by atoms with Gasteiger partial charge < -0.3 is 10.1 Å². The van der Waals surface area contributed by atoms with Gasteiger partial charge in [0.15, 0.2) is 5.17 Å². The fraction of sp³-hybridized carbons (Fsp3) is 0.333. The second-order valence-electron chi connectivity index (χ2n) is 5.01. The van der Waals surface area contributed by atoms with Crippen LogP contribution in [0, 0.1) is 0 Å². The molecular weight excluding hydrogens is 308 g/mol. The Morgan fingerprint density at radius 1 is 1.39 bits per heavy atom. The molecule has 1 unspecified atom stereocenters. The molecule has 1 aromatic rings. The van der Waals surface area contributed by atoms with E-state index >= 15 is 0 Å². The normalized spacial score (nSPS) is 17.9. The minimum atomic E-state index is -0.329. The molecule has 23 heavy (non-hydrogen) atoms. The van der Waals surface area contributed by atoms with E-state index in [1.54, 1.807) is 11.8 Å². The Bertz CT molecular complexity index is 636. The number of hydrogen-bond acceptors (Lipinski definition) is 5. The van der Waals surface area contributed by atoms with Crippen LogP contribution in [0.25, 0.3) is 0 Å². The first-order chi connectivity index (χ1) is 11.2. The van der Waals surface area contributed by atoms with Crippen molar-refractivity contribution in [3.63, 3.8) is 0 Å². The van der Waals surface area contributed by atoms with Gasteiger partial charge in [-0.25, -0.2) is 9.79 Å². The third kappa shape index (κ3) is 4.48. The monoisotopic (exact) mass is 330 g/mol. The highest BCUT2D eigenvalue weighted by Crippen LogP contribution is 2.32. The van der Waals surface area contributed by atoms with Gasteiger partial charge in [0.05, 0.1) is 12.2 Å². The zero-order valence-electron chi connectivity index (χ0n) is 13.7. The number of esters is 1. The molecule has 0 aliphatic carbocycles. The molecule has 0 radical (unpaired) electrons. The molecule has 0 saturated heterocycles. The number of ether oxygens (including phenoxy) is 1. The van der Waals surface area contributed by atoms with Crippen LogP contribution in [0.4, 0.5) is 0 Å². The van der Waals surface area contributed by atoms with Crippen LogP contribution in [0.1, 0.15) is 32.4 Å². The van der Waals surface area contributed by atoms with Gasteiger partial charge in [0.1, 0.15) is 6.04 Å². The smallest absolute Gasteiger partial charge is 0.338 e. The summed E-state index contributed by atoms with van der Waals surface area (Å²) < 4.78 is 5.21. The number of hydrogen-bond donors (Lipinski definition) is 1. The number of benzene rings is 1. The maximum atomic E-state index is 12.4. The summed E-state index contributed by atoms with van der Waals surface area (Å²) in [5, 5.41) is 4.04. The molecule has 1 atom stereocenters. The van der Waals surface area contributed by atoms with Crippen LogP contribution in [0.15, 0.2) is 58.7 Å². The summed E-state index contributed by atoms with van der Waals surface area (Å²) in [7, 11) is 0. The Morgan fingerprint density at radius 3 is 2.78 bits per heavy atom. The first-order valence-electron chi connectivity index (χ1n) is 7.69. The van der Waals surface area contributed by atoms with E-state index < -0.39 is 0 Å². The van der Waals surface area contributed by atoms with Crippen molar-refractivity contribution in [3.05, 3.63) is 59.3 Å². The van der Waals surface area contributed by atoms with E-state index in [0.717, 1.165) is 22.2 Å². The number of nitrogens with one attached hydrogen (secondary N) is 1. The van der Waals surface area contributed by atoms with Gasteiger partial charge in [-0.3, -0.25) is 0 Å². The molecule has 0 bridgehead atoms. The van der Waals surface area contributed by atoms with Crippen molar-refractivity contribution in [3.8, 4) is 0 Å². The van der Waals surface area contributed by atoms with Gasteiger partial charge in [0, 0.05) is 11.4 Å². The van der Waals surface area contributed by atoms with Gasteiger partial charge in [-0.2, -0.15) is 0 Å². The lowest BCUT2D eigenvalue weighted by Gasteiger charge is -2.25. The lowest BCUT2D eigenvalue weighted by Crippen LogP contribution is -2.30. The number of allylic oxidation sites excluding steroid dienone is 2. The third-order valence-corrected chi connectivity index (χ3v) is 4.22.